The summed E-state index contributed by atoms with van der Waals surface area (Å²) >= 11 is 2.45. The molecule has 0 aliphatic heterocycles. The number of thiophene rings is 1. The van der Waals surface area contributed by atoms with Gasteiger partial charge in [-0.15, -0.1) is 21.5 Å². The number of nitrogens with zero attached hydrogens (tertiary/aromatic N) is 3. The number of rotatable bonds is 6. The SMILES string of the molecule is COC(=O)c1c(NC(=O)CSc2nnc(-c3cccnc3)o2)sc(C)c1C. The van der Waals surface area contributed by atoms with Gasteiger partial charge in [-0.2, -0.15) is 0 Å². The monoisotopic (exact) mass is 404 g/mol. The maximum Gasteiger partial charge on any atom is 0.341 e. The zero-order valence-corrected chi connectivity index (χ0v) is 16.4. The second-order valence-corrected chi connectivity index (χ2v) is 7.58. The number of carbonyl (C=O) groups excluding carboxylic acids is 2. The van der Waals surface area contributed by atoms with Gasteiger partial charge in [0.15, 0.2) is 0 Å². The molecule has 0 aromatic carbocycles. The summed E-state index contributed by atoms with van der Waals surface area (Å²) in [6, 6.07) is 3.57. The van der Waals surface area contributed by atoms with Crippen molar-refractivity contribution in [2.45, 2.75) is 19.1 Å². The van der Waals surface area contributed by atoms with Crippen molar-refractivity contribution < 1.29 is 18.7 Å². The highest BCUT2D eigenvalue weighted by atomic mass is 32.2. The molecule has 140 valence electrons. The molecule has 8 nitrogen and oxygen atoms in total. The predicted molar refractivity (Wildman–Crippen MR) is 102 cm³/mol. The number of aromatic nitrogens is 3. The maximum atomic E-state index is 12.3. The van der Waals surface area contributed by atoms with Crippen molar-refractivity contribution in [3.63, 3.8) is 0 Å². The average molecular weight is 404 g/mol. The van der Waals surface area contributed by atoms with Crippen LogP contribution in [0.25, 0.3) is 11.5 Å². The van der Waals surface area contributed by atoms with Crippen LogP contribution in [0.2, 0.25) is 0 Å². The van der Waals surface area contributed by atoms with Gasteiger partial charge in [0.25, 0.3) is 5.22 Å². The van der Waals surface area contributed by atoms with Crippen LogP contribution in [-0.4, -0.2) is 39.9 Å². The predicted octanol–water partition coefficient (Wildman–Crippen LogP) is 3.33. The van der Waals surface area contributed by atoms with Crippen LogP contribution < -0.4 is 5.32 Å². The molecule has 1 amide bonds. The molecule has 0 fully saturated rings. The van der Waals surface area contributed by atoms with Crippen LogP contribution in [0.3, 0.4) is 0 Å². The summed E-state index contributed by atoms with van der Waals surface area (Å²) in [7, 11) is 1.31. The standard InChI is InChI=1S/C17H16N4O4S2/c1-9-10(2)27-15(13(9)16(23)24-3)19-12(22)8-26-17-21-20-14(25-17)11-5-4-6-18-7-11/h4-7H,8H2,1-3H3,(H,19,22). The van der Waals surface area contributed by atoms with Crippen LogP contribution in [0, 0.1) is 13.8 Å². The molecular weight excluding hydrogens is 388 g/mol. The van der Waals surface area contributed by atoms with Gasteiger partial charge >= 0.3 is 5.97 Å². The Morgan fingerprint density at radius 3 is 2.85 bits per heavy atom. The summed E-state index contributed by atoms with van der Waals surface area (Å²) in [5.74, 6) is -0.362. The van der Waals surface area contributed by atoms with E-state index in [0.717, 1.165) is 22.2 Å². The lowest BCUT2D eigenvalue weighted by molar-refractivity contribution is -0.113. The molecule has 3 heterocycles. The summed E-state index contributed by atoms with van der Waals surface area (Å²) in [5, 5.41) is 11.4. The fourth-order valence-corrected chi connectivity index (χ4v) is 3.85. The lowest BCUT2D eigenvalue weighted by Gasteiger charge is -2.05. The third-order valence-corrected chi connectivity index (χ3v) is 5.61. The molecule has 0 aliphatic carbocycles. The van der Waals surface area contributed by atoms with Crippen molar-refractivity contribution in [2.24, 2.45) is 0 Å². The van der Waals surface area contributed by atoms with Gasteiger partial charge in [-0.05, 0) is 31.5 Å². The van der Waals surface area contributed by atoms with E-state index in [9.17, 15) is 9.59 Å². The average Bonchev–Trinajstić information content (AvgIpc) is 3.25. The number of aryl methyl sites for hydroxylation is 1. The largest absolute Gasteiger partial charge is 0.465 e. The molecule has 1 N–H and O–H groups in total. The first-order valence-corrected chi connectivity index (χ1v) is 9.64. The lowest BCUT2D eigenvalue weighted by Crippen LogP contribution is -2.16. The Balaban J connectivity index is 1.64. The summed E-state index contributed by atoms with van der Waals surface area (Å²) in [4.78, 5) is 29.2. The number of esters is 1. The van der Waals surface area contributed by atoms with E-state index in [1.54, 1.807) is 24.5 Å². The summed E-state index contributed by atoms with van der Waals surface area (Å²) in [6.45, 7) is 3.70. The Hall–Kier alpha value is -2.72. The lowest BCUT2D eigenvalue weighted by atomic mass is 10.1. The number of carbonyl (C=O) groups is 2. The van der Waals surface area contributed by atoms with Crippen molar-refractivity contribution in [1.82, 2.24) is 15.2 Å². The van der Waals surface area contributed by atoms with Crippen molar-refractivity contribution in [3.8, 4) is 11.5 Å². The Morgan fingerprint density at radius 2 is 2.15 bits per heavy atom. The zero-order chi connectivity index (χ0) is 19.4. The first-order valence-electron chi connectivity index (χ1n) is 7.84. The van der Waals surface area contributed by atoms with E-state index < -0.39 is 5.97 Å². The number of ether oxygens (including phenoxy) is 1. The van der Waals surface area contributed by atoms with Crippen LogP contribution in [0.4, 0.5) is 5.00 Å². The summed E-state index contributed by atoms with van der Waals surface area (Å²) in [6.07, 6.45) is 3.26. The number of hydrogen-bond donors (Lipinski definition) is 1. The molecule has 3 rings (SSSR count). The highest BCUT2D eigenvalue weighted by Crippen LogP contribution is 2.33. The van der Waals surface area contributed by atoms with Gasteiger partial charge in [0, 0.05) is 17.3 Å². The Labute approximate surface area is 163 Å². The van der Waals surface area contributed by atoms with E-state index >= 15 is 0 Å². The summed E-state index contributed by atoms with van der Waals surface area (Å²) in [5.41, 5.74) is 1.89. The van der Waals surface area contributed by atoms with Crippen LogP contribution in [0.5, 0.6) is 0 Å². The molecule has 0 saturated heterocycles. The second-order valence-electron chi connectivity index (χ2n) is 5.43. The Bertz CT molecular complexity index is 969. The van der Waals surface area contributed by atoms with E-state index in [1.165, 1.54) is 18.4 Å². The summed E-state index contributed by atoms with van der Waals surface area (Å²) < 4.78 is 10.3. The molecule has 0 radical (unpaired) electrons. The number of pyridine rings is 1. The van der Waals surface area contributed by atoms with Gasteiger partial charge in [-0.25, -0.2) is 4.79 Å². The molecule has 0 spiro atoms. The smallest absolute Gasteiger partial charge is 0.341 e. The third-order valence-electron chi connectivity index (χ3n) is 3.67. The van der Waals surface area contributed by atoms with E-state index in [-0.39, 0.29) is 16.9 Å². The van der Waals surface area contributed by atoms with Gasteiger partial charge in [0.05, 0.1) is 24.0 Å². The molecule has 0 saturated carbocycles. The van der Waals surface area contributed by atoms with Crippen LogP contribution >= 0.6 is 23.1 Å². The fraction of sp³-hybridized carbons (Fsp3) is 0.235. The van der Waals surface area contributed by atoms with Gasteiger partial charge < -0.3 is 14.5 Å². The number of amides is 1. The van der Waals surface area contributed by atoms with Crippen LogP contribution in [-0.2, 0) is 9.53 Å². The molecule has 0 atom stereocenters. The highest BCUT2D eigenvalue weighted by molar-refractivity contribution is 7.99. The highest BCUT2D eigenvalue weighted by Gasteiger charge is 2.22. The minimum atomic E-state index is -0.474. The minimum absolute atomic E-state index is 0.0608. The minimum Gasteiger partial charge on any atom is -0.465 e. The number of nitrogens with one attached hydrogen (secondary N) is 1. The Morgan fingerprint density at radius 1 is 1.33 bits per heavy atom. The van der Waals surface area contributed by atoms with Gasteiger partial charge in [-0.3, -0.25) is 9.78 Å². The van der Waals surface area contributed by atoms with Crippen molar-refractivity contribution in [2.75, 3.05) is 18.2 Å². The fourth-order valence-electron chi connectivity index (χ4n) is 2.23. The van der Waals surface area contributed by atoms with Crippen molar-refractivity contribution in [1.29, 1.82) is 0 Å². The van der Waals surface area contributed by atoms with Crippen molar-refractivity contribution >= 4 is 40.0 Å². The number of thioether (sulfide) groups is 1. The molecule has 0 bridgehead atoms. The second kappa shape index (κ2) is 8.31. The number of methoxy groups -OCH3 is 1. The molecule has 27 heavy (non-hydrogen) atoms. The van der Waals surface area contributed by atoms with Gasteiger partial charge in [-0.1, -0.05) is 11.8 Å². The quantitative estimate of drug-likeness (QED) is 0.492. The van der Waals surface area contributed by atoms with Gasteiger partial charge in [0.2, 0.25) is 11.8 Å². The topological polar surface area (TPSA) is 107 Å². The van der Waals surface area contributed by atoms with Gasteiger partial charge in [0.1, 0.15) is 5.00 Å². The molecule has 3 aromatic heterocycles. The molecule has 0 unspecified atom stereocenters. The normalized spacial score (nSPS) is 10.6. The molecule has 3 aromatic rings. The maximum absolute atomic E-state index is 12.3. The number of hydrogen-bond acceptors (Lipinski definition) is 9. The van der Waals surface area contributed by atoms with E-state index in [1.807, 2.05) is 13.8 Å². The van der Waals surface area contributed by atoms with Crippen LogP contribution in [0.1, 0.15) is 20.8 Å². The molecular formula is C17H16N4O4S2. The number of anilines is 1. The zero-order valence-electron chi connectivity index (χ0n) is 14.8. The van der Waals surface area contributed by atoms with E-state index in [0.29, 0.717) is 22.0 Å². The Kier molecular flexibility index (Phi) is 5.87. The third kappa shape index (κ3) is 4.34. The van der Waals surface area contributed by atoms with Crippen LogP contribution in [0.15, 0.2) is 34.2 Å². The van der Waals surface area contributed by atoms with E-state index in [4.69, 9.17) is 9.15 Å². The first kappa shape index (κ1) is 19.1. The van der Waals surface area contributed by atoms with E-state index in [2.05, 4.69) is 20.5 Å². The first-order chi connectivity index (χ1) is 13.0. The molecule has 0 aliphatic rings. The van der Waals surface area contributed by atoms with Crippen molar-refractivity contribution in [3.05, 3.63) is 40.5 Å². The molecule has 10 heteroatoms.